The van der Waals surface area contributed by atoms with E-state index in [9.17, 15) is 24.0 Å². The number of nitrogens with one attached hydrogen (secondary N) is 5. The number of anilines is 2. The first-order chi connectivity index (χ1) is 43.9. The molecule has 12 rings (SSSR count). The third-order valence-electron chi connectivity index (χ3n) is 16.9. The Bertz CT molecular complexity index is 4260. The summed E-state index contributed by atoms with van der Waals surface area (Å²) in [5, 5.41) is 20.2. The SMILES string of the molecule is C.C.C.C=CC(=O)N(C)Cc1cc2ccccc2n1C.CN(Cc1cc2ccccc2n1C)C(=O)/C=C/c1cnc2c(c1)CNC(C)(C)C(=O)N2.CN(Cc1cc2ccccc2n1C)C(=O)/C=C/c1cnc2c(c1)CNC(C)(C)C(=O)N2.CNCc1cc2ccccc2n1C.Cl. The van der Waals surface area contributed by atoms with Gasteiger partial charge in [-0.1, -0.05) is 102 Å². The lowest BCUT2D eigenvalue weighted by atomic mass is 10.1. The Labute approximate surface area is 572 Å². The molecule has 6 aromatic heterocycles. The van der Waals surface area contributed by atoms with Crippen LogP contribution >= 0.6 is 12.4 Å². The summed E-state index contributed by atoms with van der Waals surface area (Å²) in [6.07, 6.45) is 11.3. The molecule has 0 atom stereocenters. The lowest BCUT2D eigenvalue weighted by Gasteiger charge is -2.21. The number of hydrogen-bond donors (Lipinski definition) is 5. The number of aromatic nitrogens is 6. The predicted molar refractivity (Wildman–Crippen MR) is 397 cm³/mol. The van der Waals surface area contributed by atoms with Crippen LogP contribution in [0.15, 0.2) is 171 Å². The predicted octanol–water partition coefficient (Wildman–Crippen LogP) is 12.7. The van der Waals surface area contributed by atoms with Gasteiger partial charge in [0.05, 0.1) is 30.7 Å². The summed E-state index contributed by atoms with van der Waals surface area (Å²) in [4.78, 5) is 75.0. The van der Waals surface area contributed by atoms with E-state index in [1.807, 2.05) is 104 Å². The molecule has 19 nitrogen and oxygen atoms in total. The summed E-state index contributed by atoms with van der Waals surface area (Å²) in [6, 6.07) is 45.4. The van der Waals surface area contributed by atoms with Crippen LogP contribution in [0, 0.1) is 0 Å². The molecule has 8 heterocycles. The van der Waals surface area contributed by atoms with Gasteiger partial charge in [-0.25, -0.2) is 9.97 Å². The second-order valence-corrected chi connectivity index (χ2v) is 24.4. The average molecular weight is 1320 g/mol. The number of fused-ring (bicyclic) bond motifs is 6. The molecule has 5 amide bonds. The van der Waals surface area contributed by atoms with E-state index in [1.54, 1.807) is 72.5 Å². The molecule has 2 aliphatic rings. The number of aryl methyl sites for hydroxylation is 4. The van der Waals surface area contributed by atoms with Crippen LogP contribution in [0.2, 0.25) is 0 Å². The van der Waals surface area contributed by atoms with E-state index in [-0.39, 0.29) is 64.2 Å². The maximum atomic E-state index is 12.7. The Hall–Kier alpha value is -9.92. The minimum Gasteiger partial charge on any atom is -0.346 e. The largest absolute Gasteiger partial charge is 0.346 e. The van der Waals surface area contributed by atoms with Gasteiger partial charge >= 0.3 is 0 Å². The van der Waals surface area contributed by atoms with Crippen LogP contribution in [0.3, 0.4) is 0 Å². The number of halogens is 1. The average Bonchev–Trinajstić information content (AvgIpc) is 1.70. The number of likely N-dealkylation sites (N-methyl/N-ethyl adjacent to an activating group) is 3. The van der Waals surface area contributed by atoms with E-state index in [1.165, 1.54) is 33.6 Å². The Balaban J connectivity index is 0.000000240. The van der Waals surface area contributed by atoms with Gasteiger partial charge in [-0.3, -0.25) is 34.6 Å². The maximum absolute atomic E-state index is 12.7. The van der Waals surface area contributed by atoms with Crippen LogP contribution < -0.4 is 26.6 Å². The lowest BCUT2D eigenvalue weighted by Crippen LogP contribution is -2.47. The van der Waals surface area contributed by atoms with E-state index in [2.05, 4.69) is 153 Å². The summed E-state index contributed by atoms with van der Waals surface area (Å²) in [5.74, 6) is 0.633. The van der Waals surface area contributed by atoms with Gasteiger partial charge in [0.15, 0.2) is 0 Å². The van der Waals surface area contributed by atoms with E-state index < -0.39 is 11.1 Å². The Morgan fingerprint density at radius 3 is 1.12 bits per heavy atom. The van der Waals surface area contributed by atoms with Gasteiger partial charge in [-0.05, 0) is 146 Å². The quantitative estimate of drug-likeness (QED) is 0.0692. The second kappa shape index (κ2) is 33.5. The minimum absolute atomic E-state index is 0. The number of rotatable bonds is 13. The molecule has 0 saturated heterocycles. The summed E-state index contributed by atoms with van der Waals surface area (Å²) in [5.41, 5.74) is 11.4. The molecule has 0 spiro atoms. The molecule has 0 fully saturated rings. The highest BCUT2D eigenvalue weighted by Gasteiger charge is 2.32. The lowest BCUT2D eigenvalue weighted by molar-refractivity contribution is -0.126. The molecular formula is C76H97ClN14O5. The summed E-state index contributed by atoms with van der Waals surface area (Å²) < 4.78 is 8.57. The fraction of sp³-hybridized carbons (Fsp3) is 0.303. The van der Waals surface area contributed by atoms with Crippen LogP contribution in [-0.2, 0) is 91.4 Å². The topological polar surface area (TPSA) is 201 Å². The van der Waals surface area contributed by atoms with Gasteiger partial charge in [0.2, 0.25) is 29.5 Å². The summed E-state index contributed by atoms with van der Waals surface area (Å²) in [6.45, 7) is 14.4. The van der Waals surface area contributed by atoms with Crippen LogP contribution in [0.5, 0.6) is 0 Å². The van der Waals surface area contributed by atoms with Crippen molar-refractivity contribution in [3.63, 3.8) is 0 Å². The van der Waals surface area contributed by atoms with Gasteiger partial charge in [0.25, 0.3) is 0 Å². The molecule has 4 aromatic carbocycles. The van der Waals surface area contributed by atoms with Gasteiger partial charge in [-0.2, -0.15) is 0 Å². The number of carbonyl (C=O) groups excluding carboxylic acids is 5. The first-order valence-corrected chi connectivity index (χ1v) is 30.6. The van der Waals surface area contributed by atoms with Crippen LogP contribution in [0.25, 0.3) is 55.8 Å². The van der Waals surface area contributed by atoms with Gasteiger partial charge in [0, 0.05) is 149 Å². The number of pyridine rings is 2. The summed E-state index contributed by atoms with van der Waals surface area (Å²) in [7, 11) is 15.5. The van der Waals surface area contributed by atoms with Crippen molar-refractivity contribution in [2.75, 3.05) is 38.8 Å². The molecule has 0 unspecified atom stereocenters. The molecular weight excluding hydrogens is 1220 g/mol. The molecule has 508 valence electrons. The summed E-state index contributed by atoms with van der Waals surface area (Å²) >= 11 is 0. The molecule has 96 heavy (non-hydrogen) atoms. The molecule has 0 radical (unpaired) electrons. The van der Waals surface area contributed by atoms with Crippen molar-refractivity contribution in [2.45, 2.75) is 100 Å². The monoisotopic (exact) mass is 1320 g/mol. The van der Waals surface area contributed by atoms with Gasteiger partial charge in [-0.15, -0.1) is 12.4 Å². The normalized spacial score (nSPS) is 13.4. The third kappa shape index (κ3) is 18.1. The molecule has 2 aliphatic heterocycles. The van der Waals surface area contributed by atoms with Crippen molar-refractivity contribution in [3.05, 3.63) is 216 Å². The first-order valence-electron chi connectivity index (χ1n) is 30.6. The van der Waals surface area contributed by atoms with Crippen LogP contribution in [0.1, 0.15) is 95.0 Å². The van der Waals surface area contributed by atoms with E-state index in [0.29, 0.717) is 44.4 Å². The van der Waals surface area contributed by atoms with E-state index in [4.69, 9.17) is 0 Å². The standard InChI is InChI=1S/2C24H27N5O2.C14H16N2O.C11H14N2.3CH4.ClH/c2*1-24(2)23(31)27-22-18(14-26-24)11-16(13-25-22)9-10-21(30)28(3)15-19-12-17-7-5-6-8-20(17)29(19)4;1-4-14(17)15(2)10-12-9-11-7-5-6-8-13(11)16(12)3;1-12-8-10-7-9-5-3-4-6-11(9)13(10)2;;;;/h2*5-13,26H,14-15H2,1-4H3,(H,25,27,31);4-9H,1,10H2,2-3H3;3-7,12H,8H2,1-2H3;3*1H4;1H/b2*10-9+;;;;;;. The Kier molecular flexibility index (Phi) is 26.8. The Morgan fingerprint density at radius 1 is 0.510 bits per heavy atom. The van der Waals surface area contributed by atoms with Crippen molar-refractivity contribution in [1.29, 1.82) is 0 Å². The highest BCUT2D eigenvalue weighted by atomic mass is 35.5. The van der Waals surface area contributed by atoms with Gasteiger partial charge in [0.1, 0.15) is 11.6 Å². The zero-order valence-corrected chi connectivity index (χ0v) is 56.0. The molecule has 10 aromatic rings. The number of carbonyl (C=O) groups is 5. The zero-order chi connectivity index (χ0) is 66.0. The van der Waals surface area contributed by atoms with Crippen molar-refractivity contribution < 1.29 is 24.0 Å². The minimum atomic E-state index is -0.670. The number of benzene rings is 4. The highest BCUT2D eigenvalue weighted by Crippen LogP contribution is 2.26. The molecule has 5 N–H and O–H groups in total. The fourth-order valence-electron chi connectivity index (χ4n) is 11.0. The second-order valence-electron chi connectivity index (χ2n) is 24.4. The molecule has 0 bridgehead atoms. The number of nitrogens with zero attached hydrogens (tertiary/aromatic N) is 9. The maximum Gasteiger partial charge on any atom is 0.246 e. The van der Waals surface area contributed by atoms with E-state index in [0.717, 1.165) is 67.7 Å². The number of amides is 5. The number of hydrogen-bond acceptors (Lipinski definition) is 10. The Morgan fingerprint density at radius 2 is 0.812 bits per heavy atom. The molecule has 0 aliphatic carbocycles. The van der Waals surface area contributed by atoms with Crippen molar-refractivity contribution in [3.8, 4) is 0 Å². The first kappa shape index (κ1) is 76.8. The highest BCUT2D eigenvalue weighted by molar-refractivity contribution is 5.99. The van der Waals surface area contributed by atoms with Crippen molar-refractivity contribution >= 4 is 109 Å². The number of para-hydroxylation sites is 4. The van der Waals surface area contributed by atoms with Crippen molar-refractivity contribution in [1.82, 2.24) is 58.9 Å². The van der Waals surface area contributed by atoms with E-state index >= 15 is 0 Å². The zero-order valence-electron chi connectivity index (χ0n) is 55.2. The fourth-order valence-corrected chi connectivity index (χ4v) is 11.0. The van der Waals surface area contributed by atoms with Crippen LogP contribution in [-0.4, -0.2) is 112 Å². The van der Waals surface area contributed by atoms with Crippen LogP contribution in [0.4, 0.5) is 11.6 Å². The van der Waals surface area contributed by atoms with Crippen molar-refractivity contribution in [2.24, 2.45) is 28.2 Å². The smallest absolute Gasteiger partial charge is 0.246 e. The van der Waals surface area contributed by atoms with Gasteiger partial charge < -0.3 is 48.9 Å². The third-order valence-corrected chi connectivity index (χ3v) is 16.9. The molecule has 0 saturated carbocycles. The molecule has 20 heteroatoms.